The van der Waals surface area contributed by atoms with Gasteiger partial charge in [0.25, 0.3) is 5.56 Å². The molecule has 2 aromatic heterocycles. The molecular weight excluding hydrogens is 260 g/mol. The molecule has 0 amide bonds. The Labute approximate surface area is 111 Å². The molecule has 0 aliphatic carbocycles. The molecule has 2 N–H and O–H groups in total. The van der Waals surface area contributed by atoms with Crippen molar-refractivity contribution in [3.8, 4) is 5.69 Å². The van der Waals surface area contributed by atoms with Crippen LogP contribution in [0.25, 0.3) is 16.7 Å². The Morgan fingerprint density at radius 1 is 1.05 bits per heavy atom. The molecule has 1 aromatic carbocycles. The van der Waals surface area contributed by atoms with Gasteiger partial charge in [0.05, 0.1) is 5.69 Å². The monoisotopic (exact) mass is 270 g/mol. The number of nitrogens with zero attached hydrogens (tertiary/aromatic N) is 2. The Hall–Kier alpha value is -2.96. The number of para-hydroxylation sites is 1. The minimum atomic E-state index is -0.633. The number of aromatic amines is 2. The normalized spacial score (nSPS) is 10.8. The minimum Gasteiger partial charge on any atom is -0.309 e. The van der Waals surface area contributed by atoms with Gasteiger partial charge in [-0.15, -0.1) is 0 Å². The number of fused-ring (bicyclic) bond motifs is 1. The average Bonchev–Trinajstić information content (AvgIpc) is 2.38. The zero-order valence-corrected chi connectivity index (χ0v) is 10.5. The zero-order valence-electron chi connectivity index (χ0n) is 10.5. The Kier molecular flexibility index (Phi) is 2.60. The molecule has 7 nitrogen and oxygen atoms in total. The molecule has 0 atom stereocenters. The lowest BCUT2D eigenvalue weighted by atomic mass is 10.2. The lowest BCUT2D eigenvalue weighted by Crippen LogP contribution is -2.35. The van der Waals surface area contributed by atoms with Crippen LogP contribution in [0.4, 0.5) is 0 Å². The molecule has 3 rings (SSSR count). The first kappa shape index (κ1) is 12.1. The molecule has 20 heavy (non-hydrogen) atoms. The second-order valence-electron chi connectivity index (χ2n) is 4.30. The predicted octanol–water partition coefficient (Wildman–Crippen LogP) is 0.0707. The molecule has 3 aromatic rings. The number of nitrogens with one attached hydrogen (secondary N) is 2. The number of aromatic nitrogens is 4. The van der Waals surface area contributed by atoms with Gasteiger partial charge < -0.3 is 4.98 Å². The maximum atomic E-state index is 12.5. The van der Waals surface area contributed by atoms with Crippen molar-refractivity contribution in [3.63, 3.8) is 0 Å². The molecule has 0 spiro atoms. The second-order valence-corrected chi connectivity index (χ2v) is 4.30. The standard InChI is InChI=1S/C13H10N4O3/c1-7-9-10(15-12(19)14-7)16-13(20)17(11(9)18)8-5-3-2-4-6-8/h2-6H,1H3,(H2,14,15,16,19,20). The van der Waals surface area contributed by atoms with Crippen molar-refractivity contribution in [2.75, 3.05) is 0 Å². The topological polar surface area (TPSA) is 101 Å². The molecule has 0 unspecified atom stereocenters. The van der Waals surface area contributed by atoms with Gasteiger partial charge in [-0.05, 0) is 19.1 Å². The van der Waals surface area contributed by atoms with Gasteiger partial charge in [-0.25, -0.2) is 14.2 Å². The summed E-state index contributed by atoms with van der Waals surface area (Å²) in [5.74, 6) is 0. The summed E-state index contributed by atoms with van der Waals surface area (Å²) in [6.07, 6.45) is 0. The van der Waals surface area contributed by atoms with E-state index in [-0.39, 0.29) is 11.0 Å². The molecule has 0 saturated carbocycles. The summed E-state index contributed by atoms with van der Waals surface area (Å²) in [5, 5.41) is 0.188. The summed E-state index contributed by atoms with van der Waals surface area (Å²) >= 11 is 0. The van der Waals surface area contributed by atoms with E-state index in [4.69, 9.17) is 0 Å². The smallest absolute Gasteiger partial charge is 0.309 e. The van der Waals surface area contributed by atoms with Crippen LogP contribution >= 0.6 is 0 Å². The quantitative estimate of drug-likeness (QED) is 0.653. The van der Waals surface area contributed by atoms with Crippen molar-refractivity contribution in [1.82, 2.24) is 19.5 Å². The Morgan fingerprint density at radius 3 is 2.45 bits per heavy atom. The third-order valence-corrected chi connectivity index (χ3v) is 2.98. The SMILES string of the molecule is Cc1[nH]c(=O)nc2[nH]c(=O)n(-c3ccccc3)c(=O)c12. The van der Waals surface area contributed by atoms with Gasteiger partial charge in [0.15, 0.2) is 5.65 Å². The van der Waals surface area contributed by atoms with Gasteiger partial charge in [0.1, 0.15) is 5.39 Å². The maximum Gasteiger partial charge on any atom is 0.347 e. The van der Waals surface area contributed by atoms with E-state index in [2.05, 4.69) is 15.0 Å². The number of aryl methyl sites for hydroxylation is 1. The molecule has 0 radical (unpaired) electrons. The molecule has 0 bridgehead atoms. The first-order chi connectivity index (χ1) is 9.58. The highest BCUT2D eigenvalue weighted by atomic mass is 16.2. The molecule has 0 aliphatic rings. The van der Waals surface area contributed by atoms with Gasteiger partial charge in [0, 0.05) is 5.69 Å². The van der Waals surface area contributed by atoms with E-state index >= 15 is 0 Å². The van der Waals surface area contributed by atoms with Crippen LogP contribution in [0.1, 0.15) is 5.69 Å². The summed E-state index contributed by atoms with van der Waals surface area (Å²) in [5.41, 5.74) is -0.949. The summed E-state index contributed by atoms with van der Waals surface area (Å²) in [6.45, 7) is 1.58. The Morgan fingerprint density at radius 2 is 1.75 bits per heavy atom. The van der Waals surface area contributed by atoms with E-state index in [1.807, 2.05) is 0 Å². The van der Waals surface area contributed by atoms with Crippen LogP contribution in [0.15, 0.2) is 44.7 Å². The van der Waals surface area contributed by atoms with Gasteiger partial charge in [-0.1, -0.05) is 18.2 Å². The van der Waals surface area contributed by atoms with Crippen LogP contribution in [0, 0.1) is 6.92 Å². The van der Waals surface area contributed by atoms with Crippen molar-refractivity contribution in [2.24, 2.45) is 0 Å². The van der Waals surface area contributed by atoms with Crippen LogP contribution in [0.5, 0.6) is 0 Å². The number of hydrogen-bond acceptors (Lipinski definition) is 4. The highest BCUT2D eigenvalue weighted by Crippen LogP contribution is 2.05. The van der Waals surface area contributed by atoms with Gasteiger partial charge >= 0.3 is 11.4 Å². The van der Waals surface area contributed by atoms with Crippen molar-refractivity contribution in [3.05, 3.63) is 67.3 Å². The molecule has 0 saturated heterocycles. The van der Waals surface area contributed by atoms with Crippen LogP contribution < -0.4 is 16.9 Å². The van der Waals surface area contributed by atoms with Crippen molar-refractivity contribution in [2.45, 2.75) is 6.92 Å². The van der Waals surface area contributed by atoms with Gasteiger partial charge in [-0.2, -0.15) is 4.98 Å². The van der Waals surface area contributed by atoms with Crippen LogP contribution in [0.2, 0.25) is 0 Å². The van der Waals surface area contributed by atoms with E-state index in [9.17, 15) is 14.4 Å². The number of hydrogen-bond donors (Lipinski definition) is 2. The highest BCUT2D eigenvalue weighted by Gasteiger charge is 2.12. The molecule has 0 aliphatic heterocycles. The van der Waals surface area contributed by atoms with Crippen molar-refractivity contribution >= 4 is 11.0 Å². The van der Waals surface area contributed by atoms with Crippen LogP contribution in [-0.4, -0.2) is 19.5 Å². The van der Waals surface area contributed by atoms with Crippen molar-refractivity contribution in [1.29, 1.82) is 0 Å². The fraction of sp³-hybridized carbons (Fsp3) is 0.0769. The average molecular weight is 270 g/mol. The minimum absolute atomic E-state index is 0.00608. The molecule has 100 valence electrons. The zero-order chi connectivity index (χ0) is 14.3. The summed E-state index contributed by atoms with van der Waals surface area (Å²) < 4.78 is 1.01. The maximum absolute atomic E-state index is 12.5. The second kappa shape index (κ2) is 4.30. The lowest BCUT2D eigenvalue weighted by molar-refractivity contribution is 0.883. The molecule has 0 fully saturated rings. The largest absolute Gasteiger partial charge is 0.347 e. The third kappa shape index (κ3) is 1.76. The number of H-pyrrole nitrogens is 2. The first-order valence-electron chi connectivity index (χ1n) is 5.89. The van der Waals surface area contributed by atoms with Crippen LogP contribution in [0.3, 0.4) is 0 Å². The van der Waals surface area contributed by atoms with E-state index in [0.717, 1.165) is 4.57 Å². The lowest BCUT2D eigenvalue weighted by Gasteiger charge is -2.06. The fourth-order valence-corrected chi connectivity index (χ4v) is 2.11. The Bertz CT molecular complexity index is 967. The Balaban J connectivity index is 2.51. The summed E-state index contributed by atoms with van der Waals surface area (Å²) in [4.78, 5) is 44.3. The van der Waals surface area contributed by atoms with Gasteiger partial charge in [-0.3, -0.25) is 9.78 Å². The fourth-order valence-electron chi connectivity index (χ4n) is 2.11. The van der Waals surface area contributed by atoms with E-state index < -0.39 is 16.9 Å². The van der Waals surface area contributed by atoms with Crippen molar-refractivity contribution < 1.29 is 0 Å². The first-order valence-corrected chi connectivity index (χ1v) is 5.89. The third-order valence-electron chi connectivity index (χ3n) is 2.98. The predicted molar refractivity (Wildman–Crippen MR) is 73.3 cm³/mol. The molecular formula is C13H10N4O3. The van der Waals surface area contributed by atoms with E-state index in [0.29, 0.717) is 11.4 Å². The number of rotatable bonds is 1. The van der Waals surface area contributed by atoms with E-state index in [1.165, 1.54) is 0 Å². The van der Waals surface area contributed by atoms with E-state index in [1.54, 1.807) is 37.3 Å². The highest BCUT2D eigenvalue weighted by molar-refractivity contribution is 5.75. The summed E-state index contributed by atoms with van der Waals surface area (Å²) in [7, 11) is 0. The summed E-state index contributed by atoms with van der Waals surface area (Å²) in [6, 6.07) is 8.54. The van der Waals surface area contributed by atoms with Crippen LogP contribution in [-0.2, 0) is 0 Å². The number of benzene rings is 1. The van der Waals surface area contributed by atoms with Gasteiger partial charge in [0.2, 0.25) is 0 Å². The molecule has 7 heteroatoms. The molecule has 2 heterocycles.